The minimum Gasteiger partial charge on any atom is -0.465 e. The number of nitrogen functional groups attached to an aromatic ring is 1. The summed E-state index contributed by atoms with van der Waals surface area (Å²) in [5, 5.41) is 7.44. The summed E-state index contributed by atoms with van der Waals surface area (Å²) in [6.45, 7) is 0. The molecule has 0 aliphatic heterocycles. The molecular weight excluding hydrogens is 277 g/mol. The van der Waals surface area contributed by atoms with Crippen molar-refractivity contribution in [2.75, 3.05) is 12.8 Å². The van der Waals surface area contributed by atoms with Gasteiger partial charge in [-0.2, -0.15) is 0 Å². The first kappa shape index (κ1) is 12.8. The molecule has 0 radical (unpaired) electrons. The standard InChI is InChI=1S/C10H8FN3O2S2/c1-16-9(15)5-2-8(6(11)3-7(5)12)18-10-14-13-4-17-10/h2-4H,12H2,1H3. The average Bonchev–Trinajstić information content (AvgIpc) is 2.84. The van der Waals surface area contributed by atoms with E-state index >= 15 is 0 Å². The molecule has 8 heteroatoms. The van der Waals surface area contributed by atoms with E-state index in [4.69, 9.17) is 5.73 Å². The highest BCUT2D eigenvalue weighted by Crippen LogP contribution is 2.33. The fourth-order valence-electron chi connectivity index (χ4n) is 1.24. The molecule has 5 nitrogen and oxygen atoms in total. The second-order valence-electron chi connectivity index (χ2n) is 3.17. The van der Waals surface area contributed by atoms with Gasteiger partial charge in [-0.1, -0.05) is 23.1 Å². The number of carbonyl (C=O) groups is 1. The maximum atomic E-state index is 13.7. The van der Waals surface area contributed by atoms with Crippen LogP contribution in [0.5, 0.6) is 0 Å². The molecule has 0 unspecified atom stereocenters. The number of nitrogens with zero attached hydrogens (tertiary/aromatic N) is 2. The Balaban J connectivity index is 2.38. The van der Waals surface area contributed by atoms with Crippen LogP contribution in [-0.4, -0.2) is 23.3 Å². The molecule has 1 heterocycles. The number of halogens is 1. The molecular formula is C10H8FN3O2S2. The Hall–Kier alpha value is -1.67. The largest absolute Gasteiger partial charge is 0.465 e. The number of nitrogens with two attached hydrogens (primary N) is 1. The molecule has 0 bridgehead atoms. The zero-order chi connectivity index (χ0) is 13.1. The Kier molecular flexibility index (Phi) is 3.78. The van der Waals surface area contributed by atoms with Crippen molar-refractivity contribution in [3.63, 3.8) is 0 Å². The van der Waals surface area contributed by atoms with Gasteiger partial charge in [0.1, 0.15) is 11.3 Å². The van der Waals surface area contributed by atoms with Gasteiger partial charge in [-0.15, -0.1) is 10.2 Å². The summed E-state index contributed by atoms with van der Waals surface area (Å²) in [5.41, 5.74) is 7.28. The van der Waals surface area contributed by atoms with E-state index in [1.54, 1.807) is 5.51 Å². The van der Waals surface area contributed by atoms with Crippen molar-refractivity contribution < 1.29 is 13.9 Å². The van der Waals surface area contributed by atoms with Crippen LogP contribution in [0.15, 0.2) is 26.9 Å². The van der Waals surface area contributed by atoms with Crippen LogP contribution in [0.4, 0.5) is 10.1 Å². The van der Waals surface area contributed by atoms with Gasteiger partial charge in [0.05, 0.1) is 17.6 Å². The van der Waals surface area contributed by atoms with Crippen molar-refractivity contribution in [2.24, 2.45) is 0 Å². The predicted molar refractivity (Wildman–Crippen MR) is 66.2 cm³/mol. The molecule has 0 spiro atoms. The zero-order valence-electron chi connectivity index (χ0n) is 9.21. The van der Waals surface area contributed by atoms with E-state index in [0.29, 0.717) is 4.34 Å². The van der Waals surface area contributed by atoms with Crippen LogP contribution in [0.25, 0.3) is 0 Å². The van der Waals surface area contributed by atoms with Crippen LogP contribution in [0.1, 0.15) is 10.4 Å². The number of anilines is 1. The van der Waals surface area contributed by atoms with Crippen LogP contribution >= 0.6 is 23.1 Å². The number of ether oxygens (including phenoxy) is 1. The molecule has 18 heavy (non-hydrogen) atoms. The van der Waals surface area contributed by atoms with Gasteiger partial charge in [0.2, 0.25) is 0 Å². The Bertz CT molecular complexity index is 575. The van der Waals surface area contributed by atoms with Gasteiger partial charge >= 0.3 is 5.97 Å². The van der Waals surface area contributed by atoms with E-state index < -0.39 is 11.8 Å². The number of hydrogen-bond donors (Lipinski definition) is 1. The lowest BCUT2D eigenvalue weighted by atomic mass is 10.2. The number of rotatable bonds is 3. The van der Waals surface area contributed by atoms with E-state index in [0.717, 1.165) is 17.8 Å². The van der Waals surface area contributed by atoms with E-state index in [2.05, 4.69) is 14.9 Å². The minimum absolute atomic E-state index is 0.0426. The molecule has 0 aliphatic rings. The first-order valence-electron chi connectivity index (χ1n) is 4.73. The van der Waals surface area contributed by atoms with Crippen molar-refractivity contribution >= 4 is 34.8 Å². The van der Waals surface area contributed by atoms with Crippen molar-refractivity contribution in [1.29, 1.82) is 0 Å². The molecule has 2 N–H and O–H groups in total. The maximum Gasteiger partial charge on any atom is 0.339 e. The second-order valence-corrected chi connectivity index (χ2v) is 5.29. The Morgan fingerprint density at radius 2 is 2.33 bits per heavy atom. The lowest BCUT2D eigenvalue weighted by Crippen LogP contribution is -2.06. The molecule has 2 rings (SSSR count). The second kappa shape index (κ2) is 5.32. The summed E-state index contributed by atoms with van der Waals surface area (Å²) in [5.74, 6) is -1.12. The van der Waals surface area contributed by atoms with E-state index in [1.807, 2.05) is 0 Å². The third-order valence-corrected chi connectivity index (χ3v) is 3.86. The van der Waals surface area contributed by atoms with Gasteiger partial charge in [-0.05, 0) is 12.1 Å². The van der Waals surface area contributed by atoms with Gasteiger partial charge in [0.25, 0.3) is 0 Å². The molecule has 1 aromatic heterocycles. The molecule has 0 saturated carbocycles. The van der Waals surface area contributed by atoms with Crippen molar-refractivity contribution in [3.05, 3.63) is 29.0 Å². The summed E-state index contributed by atoms with van der Waals surface area (Å²) in [6, 6.07) is 2.44. The van der Waals surface area contributed by atoms with Gasteiger partial charge in [-0.3, -0.25) is 0 Å². The van der Waals surface area contributed by atoms with E-state index in [1.165, 1.54) is 24.5 Å². The number of hydrogen-bond acceptors (Lipinski definition) is 7. The predicted octanol–water partition coefficient (Wildman–Crippen LogP) is 2.20. The van der Waals surface area contributed by atoms with Crippen LogP contribution in [0.2, 0.25) is 0 Å². The lowest BCUT2D eigenvalue weighted by molar-refractivity contribution is 0.0601. The quantitative estimate of drug-likeness (QED) is 0.688. The average molecular weight is 285 g/mol. The highest BCUT2D eigenvalue weighted by molar-refractivity contribution is 8.01. The van der Waals surface area contributed by atoms with Crippen LogP contribution < -0.4 is 5.73 Å². The van der Waals surface area contributed by atoms with E-state index in [-0.39, 0.29) is 16.1 Å². The molecule has 1 aromatic carbocycles. The van der Waals surface area contributed by atoms with Crippen LogP contribution in [0.3, 0.4) is 0 Å². The molecule has 0 fully saturated rings. The van der Waals surface area contributed by atoms with Gasteiger partial charge < -0.3 is 10.5 Å². The minimum atomic E-state index is -0.605. The van der Waals surface area contributed by atoms with Crippen molar-refractivity contribution in [2.45, 2.75) is 9.24 Å². The van der Waals surface area contributed by atoms with Gasteiger partial charge in [-0.25, -0.2) is 9.18 Å². The third kappa shape index (κ3) is 2.59. The van der Waals surface area contributed by atoms with Crippen LogP contribution in [-0.2, 0) is 4.74 Å². The zero-order valence-corrected chi connectivity index (χ0v) is 10.8. The summed E-state index contributed by atoms with van der Waals surface area (Å²) in [7, 11) is 1.24. The molecule has 0 amide bonds. The summed E-state index contributed by atoms with van der Waals surface area (Å²) in [6.07, 6.45) is 0. The number of esters is 1. The summed E-state index contributed by atoms with van der Waals surface area (Å²) < 4.78 is 18.8. The third-order valence-electron chi connectivity index (χ3n) is 2.05. The first-order valence-corrected chi connectivity index (χ1v) is 6.42. The maximum absolute atomic E-state index is 13.7. The number of benzene rings is 1. The molecule has 94 valence electrons. The lowest BCUT2D eigenvalue weighted by Gasteiger charge is -2.07. The summed E-state index contributed by atoms with van der Waals surface area (Å²) in [4.78, 5) is 11.7. The highest BCUT2D eigenvalue weighted by Gasteiger charge is 2.16. The Labute approximate surface area is 110 Å². The summed E-state index contributed by atoms with van der Waals surface area (Å²) >= 11 is 2.36. The van der Waals surface area contributed by atoms with Crippen molar-refractivity contribution in [3.8, 4) is 0 Å². The Morgan fingerprint density at radius 1 is 1.56 bits per heavy atom. The van der Waals surface area contributed by atoms with Gasteiger partial charge in [0.15, 0.2) is 4.34 Å². The molecule has 0 aliphatic carbocycles. The fraction of sp³-hybridized carbons (Fsp3) is 0.100. The first-order chi connectivity index (χ1) is 8.61. The molecule has 0 atom stereocenters. The topological polar surface area (TPSA) is 78.1 Å². The van der Waals surface area contributed by atoms with Crippen molar-refractivity contribution in [1.82, 2.24) is 10.2 Å². The number of carbonyl (C=O) groups excluding carboxylic acids is 1. The smallest absolute Gasteiger partial charge is 0.339 e. The number of aromatic nitrogens is 2. The van der Waals surface area contributed by atoms with E-state index in [9.17, 15) is 9.18 Å². The molecule has 2 aromatic rings. The SMILES string of the molecule is COC(=O)c1cc(Sc2nncs2)c(F)cc1N. The monoisotopic (exact) mass is 285 g/mol. The fourth-order valence-corrected chi connectivity index (χ4v) is 2.71. The number of methoxy groups -OCH3 is 1. The highest BCUT2D eigenvalue weighted by atomic mass is 32.2. The normalized spacial score (nSPS) is 10.3. The van der Waals surface area contributed by atoms with Crippen LogP contribution in [0, 0.1) is 5.82 Å². The molecule has 0 saturated heterocycles. The Morgan fingerprint density at radius 3 is 2.94 bits per heavy atom. The van der Waals surface area contributed by atoms with Gasteiger partial charge in [0, 0.05) is 5.69 Å².